The molecule has 1 aliphatic rings. The molecule has 4 nitrogen and oxygen atoms in total. The third kappa shape index (κ3) is 7.31. The summed E-state index contributed by atoms with van der Waals surface area (Å²) in [6.07, 6.45) is 8.01. The van der Waals surface area contributed by atoms with Crippen molar-refractivity contribution in [1.29, 1.82) is 5.26 Å². The van der Waals surface area contributed by atoms with Gasteiger partial charge in [-0.3, -0.25) is 0 Å². The topological polar surface area (TPSA) is 42.3 Å². The molecule has 2 aromatic rings. The molecular weight excluding hydrogens is 488 g/mol. The fraction of sp³-hybridized carbons (Fsp3) is 0.424. The van der Waals surface area contributed by atoms with Gasteiger partial charge in [-0.15, -0.1) is 6.58 Å². The van der Waals surface area contributed by atoms with Crippen molar-refractivity contribution >= 4 is 17.3 Å². The zero-order valence-corrected chi connectivity index (χ0v) is 23.9. The van der Waals surface area contributed by atoms with Gasteiger partial charge in [0.2, 0.25) is 0 Å². The monoisotopic (exact) mass is 530 g/mol. The summed E-state index contributed by atoms with van der Waals surface area (Å²) < 4.78 is 0. The van der Waals surface area contributed by atoms with E-state index in [1.165, 1.54) is 16.7 Å². The van der Waals surface area contributed by atoms with Gasteiger partial charge in [0.05, 0.1) is 18.0 Å². The number of fused-ring (bicyclic) bond motifs is 1. The first-order valence-electron chi connectivity index (χ1n) is 13.9. The van der Waals surface area contributed by atoms with Gasteiger partial charge < -0.3 is 15.1 Å². The lowest BCUT2D eigenvalue weighted by molar-refractivity contribution is 0.275. The van der Waals surface area contributed by atoms with E-state index in [9.17, 15) is 5.26 Å². The number of unbranched alkanes of at least 4 members (excludes halogenated alkanes) is 1. The van der Waals surface area contributed by atoms with Crippen molar-refractivity contribution < 1.29 is 0 Å². The maximum Gasteiger partial charge on any atom is 0.0739 e. The van der Waals surface area contributed by atoms with Crippen LogP contribution in [0.2, 0.25) is 5.02 Å². The lowest BCUT2D eigenvalue weighted by Crippen LogP contribution is -2.35. The third-order valence-corrected chi connectivity index (χ3v) is 8.14. The Hall–Kier alpha value is -3.00. The molecule has 202 valence electrons. The minimum absolute atomic E-state index is 0.171. The highest BCUT2D eigenvalue weighted by atomic mass is 35.5. The van der Waals surface area contributed by atoms with E-state index >= 15 is 0 Å². The molecule has 0 saturated carbocycles. The van der Waals surface area contributed by atoms with E-state index < -0.39 is 0 Å². The van der Waals surface area contributed by atoms with Crippen LogP contribution >= 0.6 is 11.6 Å². The third-order valence-electron chi connectivity index (χ3n) is 7.79. The summed E-state index contributed by atoms with van der Waals surface area (Å²) in [6.45, 7) is 18.6. The van der Waals surface area contributed by atoms with Crippen molar-refractivity contribution in [3.05, 3.63) is 101 Å². The van der Waals surface area contributed by atoms with Crippen molar-refractivity contribution in [2.45, 2.75) is 64.0 Å². The molecule has 0 aromatic heterocycles. The van der Waals surface area contributed by atoms with E-state index in [0.29, 0.717) is 5.02 Å². The summed E-state index contributed by atoms with van der Waals surface area (Å²) in [5, 5.41) is 13.7. The first kappa shape index (κ1) is 29.6. The number of nitrogens with zero attached hydrogens (tertiary/aromatic N) is 3. The van der Waals surface area contributed by atoms with Crippen molar-refractivity contribution in [3.8, 4) is 6.07 Å². The standard InChI is InChI=1S/C33H43ClN4/c1-6-8-19-33(25(3)36-5)38-24-31-27(15-13-17-29(31)26(38)4)14-11-12-21-37(7-2)22-20-28(23-35)30-16-9-10-18-32(30)34/h6,9-10,13,15-18,28,33,36H,1,3-4,7-8,11-12,14,19-22,24H2,2,5H3. The van der Waals surface area contributed by atoms with Gasteiger partial charge in [0.1, 0.15) is 0 Å². The van der Waals surface area contributed by atoms with Crippen LogP contribution in [0.5, 0.6) is 0 Å². The van der Waals surface area contributed by atoms with E-state index in [1.807, 2.05) is 37.4 Å². The van der Waals surface area contributed by atoms with E-state index in [2.05, 4.69) is 66.0 Å². The number of hydrogen-bond donors (Lipinski definition) is 1. The van der Waals surface area contributed by atoms with E-state index in [1.54, 1.807) is 0 Å². The zero-order chi connectivity index (χ0) is 27.5. The first-order chi connectivity index (χ1) is 18.4. The van der Waals surface area contributed by atoms with E-state index in [-0.39, 0.29) is 12.0 Å². The molecule has 38 heavy (non-hydrogen) atoms. The molecule has 0 saturated heterocycles. The van der Waals surface area contributed by atoms with Crippen LogP contribution in [0.25, 0.3) is 5.70 Å². The first-order valence-corrected chi connectivity index (χ1v) is 14.2. The smallest absolute Gasteiger partial charge is 0.0739 e. The molecule has 0 spiro atoms. The van der Waals surface area contributed by atoms with Crippen molar-refractivity contribution in [2.24, 2.45) is 0 Å². The molecule has 5 heteroatoms. The van der Waals surface area contributed by atoms with Gasteiger partial charge in [-0.1, -0.05) is 74.2 Å². The molecule has 0 radical (unpaired) electrons. The Labute approximate surface area is 235 Å². The molecule has 0 amide bonds. The van der Waals surface area contributed by atoms with Crippen LogP contribution in [-0.4, -0.2) is 42.5 Å². The van der Waals surface area contributed by atoms with Crippen LogP contribution in [0, 0.1) is 11.3 Å². The second-order valence-electron chi connectivity index (χ2n) is 10.1. The number of hydrogen-bond acceptors (Lipinski definition) is 4. The second kappa shape index (κ2) is 14.8. The van der Waals surface area contributed by atoms with Gasteiger partial charge in [0.15, 0.2) is 0 Å². The predicted octanol–water partition coefficient (Wildman–Crippen LogP) is 7.54. The molecule has 3 rings (SSSR count). The largest absolute Gasteiger partial charge is 0.390 e. The molecule has 2 unspecified atom stereocenters. The Bertz CT molecular complexity index is 1150. The van der Waals surface area contributed by atoms with Crippen LogP contribution in [0.15, 0.2) is 74.0 Å². The normalized spacial score (nSPS) is 14.2. The average Bonchev–Trinajstić information content (AvgIpc) is 3.27. The Morgan fingerprint density at radius 3 is 2.66 bits per heavy atom. The van der Waals surface area contributed by atoms with Crippen molar-refractivity contribution in [3.63, 3.8) is 0 Å². The number of allylic oxidation sites excluding steroid dienone is 1. The summed E-state index contributed by atoms with van der Waals surface area (Å²) in [7, 11) is 1.94. The van der Waals surface area contributed by atoms with Gasteiger partial charge >= 0.3 is 0 Å². The summed E-state index contributed by atoms with van der Waals surface area (Å²) in [5.74, 6) is -0.171. The number of nitriles is 1. The molecule has 0 aliphatic carbocycles. The number of aryl methyl sites for hydroxylation is 1. The fourth-order valence-electron chi connectivity index (χ4n) is 5.44. The van der Waals surface area contributed by atoms with E-state index in [4.69, 9.17) is 11.6 Å². The maximum atomic E-state index is 9.72. The molecule has 1 N–H and O–H groups in total. The average molecular weight is 531 g/mol. The van der Waals surface area contributed by atoms with Gasteiger partial charge in [0.25, 0.3) is 0 Å². The predicted molar refractivity (Wildman–Crippen MR) is 162 cm³/mol. The number of rotatable bonds is 16. The highest BCUT2D eigenvalue weighted by molar-refractivity contribution is 6.31. The van der Waals surface area contributed by atoms with E-state index in [0.717, 1.165) is 81.7 Å². The minimum atomic E-state index is -0.171. The summed E-state index contributed by atoms with van der Waals surface area (Å²) >= 11 is 6.34. The lowest BCUT2D eigenvalue weighted by Gasteiger charge is -2.32. The molecule has 1 aliphatic heterocycles. The number of nitrogens with one attached hydrogen (secondary N) is 1. The van der Waals surface area contributed by atoms with Crippen LogP contribution in [0.1, 0.15) is 67.2 Å². The summed E-state index contributed by atoms with van der Waals surface area (Å²) in [6, 6.07) is 17.0. The maximum absolute atomic E-state index is 9.72. The van der Waals surface area contributed by atoms with Gasteiger partial charge in [-0.2, -0.15) is 5.26 Å². The van der Waals surface area contributed by atoms with Crippen molar-refractivity contribution in [1.82, 2.24) is 15.1 Å². The van der Waals surface area contributed by atoms with Crippen LogP contribution in [-0.2, 0) is 13.0 Å². The van der Waals surface area contributed by atoms with Gasteiger partial charge in [0, 0.05) is 35.6 Å². The van der Waals surface area contributed by atoms with Crippen LogP contribution < -0.4 is 5.32 Å². The highest BCUT2D eigenvalue weighted by Crippen LogP contribution is 2.37. The molecular formula is C33H43ClN4. The van der Waals surface area contributed by atoms with Crippen molar-refractivity contribution in [2.75, 3.05) is 26.7 Å². The Morgan fingerprint density at radius 1 is 1.18 bits per heavy atom. The number of halogens is 1. The summed E-state index contributed by atoms with van der Waals surface area (Å²) in [4.78, 5) is 4.85. The Morgan fingerprint density at radius 2 is 1.97 bits per heavy atom. The minimum Gasteiger partial charge on any atom is -0.390 e. The van der Waals surface area contributed by atoms with Crippen LogP contribution in [0.4, 0.5) is 0 Å². The molecule has 1 heterocycles. The highest BCUT2D eigenvalue weighted by Gasteiger charge is 2.30. The molecule has 2 aromatic carbocycles. The zero-order valence-electron chi connectivity index (χ0n) is 23.2. The molecule has 2 atom stereocenters. The molecule has 0 bridgehead atoms. The number of likely N-dealkylation sites (N-methyl/N-ethyl adjacent to an activating group) is 1. The quantitative estimate of drug-likeness (QED) is 0.180. The molecule has 0 fully saturated rings. The SMILES string of the molecule is C=CCCC(C(=C)NC)N1Cc2c(CCCCN(CC)CCC(C#N)c3ccccc3Cl)cccc2C1=C. The Kier molecular flexibility index (Phi) is 11.5. The number of benzene rings is 2. The Balaban J connectivity index is 1.55. The van der Waals surface area contributed by atoms with Crippen LogP contribution in [0.3, 0.4) is 0 Å². The second-order valence-corrected chi connectivity index (χ2v) is 10.5. The fourth-order valence-corrected chi connectivity index (χ4v) is 5.71. The lowest BCUT2D eigenvalue weighted by atomic mass is 9.96. The summed E-state index contributed by atoms with van der Waals surface area (Å²) in [5.41, 5.74) is 7.16. The van der Waals surface area contributed by atoms with Gasteiger partial charge in [-0.05, 0) is 80.9 Å². The van der Waals surface area contributed by atoms with Gasteiger partial charge in [-0.25, -0.2) is 0 Å².